The van der Waals surface area contributed by atoms with E-state index in [1.807, 2.05) is 25.3 Å². The molecule has 4 N–H and O–H groups in total. The van der Waals surface area contributed by atoms with E-state index in [9.17, 15) is 4.79 Å². The van der Waals surface area contributed by atoms with Crippen LogP contribution in [0.15, 0.2) is 18.3 Å². The molecule has 1 aromatic heterocycles. The van der Waals surface area contributed by atoms with Crippen LogP contribution in [0.3, 0.4) is 0 Å². The molecule has 4 nitrogen and oxygen atoms in total. The van der Waals surface area contributed by atoms with Gasteiger partial charge in [-0.2, -0.15) is 0 Å². The molecular weight excluding hydrogens is 178 g/mol. The lowest BCUT2D eigenvalue weighted by atomic mass is 10.2. The maximum absolute atomic E-state index is 11.4. The lowest BCUT2D eigenvalue weighted by molar-refractivity contribution is -0.120. The zero-order chi connectivity index (χ0) is 10.4. The van der Waals surface area contributed by atoms with Gasteiger partial charge in [0.05, 0.1) is 6.42 Å². The number of aromatic nitrogens is 1. The summed E-state index contributed by atoms with van der Waals surface area (Å²) in [7, 11) is 0. The van der Waals surface area contributed by atoms with Gasteiger partial charge in [0, 0.05) is 18.4 Å². The van der Waals surface area contributed by atoms with E-state index >= 15 is 0 Å². The highest BCUT2D eigenvalue weighted by molar-refractivity contribution is 5.78. The monoisotopic (exact) mass is 195 g/mol. The van der Waals surface area contributed by atoms with Crippen molar-refractivity contribution in [2.75, 3.05) is 13.1 Å². The molecule has 4 heteroatoms. The van der Waals surface area contributed by atoms with Gasteiger partial charge in [0.1, 0.15) is 0 Å². The number of nitrogens with one attached hydrogen (secondary N) is 2. The molecule has 0 aliphatic rings. The number of H-pyrrole nitrogens is 1. The van der Waals surface area contributed by atoms with Crippen molar-refractivity contribution in [3.63, 3.8) is 0 Å². The number of aromatic amines is 1. The van der Waals surface area contributed by atoms with Crippen molar-refractivity contribution in [2.24, 2.45) is 11.7 Å². The summed E-state index contributed by atoms with van der Waals surface area (Å²) < 4.78 is 0. The Kier molecular flexibility index (Phi) is 4.19. The third-order valence-corrected chi connectivity index (χ3v) is 2.06. The van der Waals surface area contributed by atoms with E-state index in [0.29, 0.717) is 25.4 Å². The average Bonchev–Trinajstić information content (AvgIpc) is 2.66. The maximum Gasteiger partial charge on any atom is 0.225 e. The van der Waals surface area contributed by atoms with Gasteiger partial charge in [-0.15, -0.1) is 0 Å². The van der Waals surface area contributed by atoms with E-state index in [1.54, 1.807) is 0 Å². The summed E-state index contributed by atoms with van der Waals surface area (Å²) in [5, 5.41) is 2.83. The highest BCUT2D eigenvalue weighted by atomic mass is 16.1. The van der Waals surface area contributed by atoms with Crippen molar-refractivity contribution in [3.8, 4) is 0 Å². The fourth-order valence-electron chi connectivity index (χ4n) is 1.08. The van der Waals surface area contributed by atoms with E-state index in [1.165, 1.54) is 0 Å². The van der Waals surface area contributed by atoms with Crippen molar-refractivity contribution in [1.29, 1.82) is 0 Å². The predicted octanol–water partition coefficient (Wildman–Crippen LogP) is 0.268. The topological polar surface area (TPSA) is 70.9 Å². The molecule has 1 unspecified atom stereocenters. The lowest BCUT2D eigenvalue weighted by Gasteiger charge is -2.09. The molecule has 78 valence electrons. The number of hydrogen-bond donors (Lipinski definition) is 3. The second-order valence-electron chi connectivity index (χ2n) is 3.52. The summed E-state index contributed by atoms with van der Waals surface area (Å²) in [6.07, 6.45) is 2.22. The third-order valence-electron chi connectivity index (χ3n) is 2.06. The molecule has 14 heavy (non-hydrogen) atoms. The van der Waals surface area contributed by atoms with Crippen molar-refractivity contribution in [1.82, 2.24) is 10.3 Å². The molecule has 0 aliphatic carbocycles. The van der Waals surface area contributed by atoms with Gasteiger partial charge < -0.3 is 16.0 Å². The third kappa shape index (κ3) is 3.62. The Hall–Kier alpha value is -1.29. The van der Waals surface area contributed by atoms with Crippen LogP contribution in [0.4, 0.5) is 0 Å². The van der Waals surface area contributed by atoms with Crippen LogP contribution in [0.5, 0.6) is 0 Å². The highest BCUT2D eigenvalue weighted by Gasteiger charge is 2.05. The van der Waals surface area contributed by atoms with Crippen LogP contribution in [-0.4, -0.2) is 24.0 Å². The van der Waals surface area contributed by atoms with Crippen LogP contribution in [-0.2, 0) is 11.2 Å². The molecule has 0 bridgehead atoms. The average molecular weight is 195 g/mol. The van der Waals surface area contributed by atoms with Crippen molar-refractivity contribution in [2.45, 2.75) is 13.3 Å². The number of carbonyl (C=O) groups excluding carboxylic acids is 1. The minimum atomic E-state index is 0.0350. The molecule has 0 spiro atoms. The Morgan fingerprint density at radius 1 is 1.71 bits per heavy atom. The Bertz CT molecular complexity index is 269. The molecule has 1 heterocycles. The van der Waals surface area contributed by atoms with Crippen LogP contribution in [0, 0.1) is 5.92 Å². The smallest absolute Gasteiger partial charge is 0.225 e. The van der Waals surface area contributed by atoms with E-state index in [0.717, 1.165) is 5.69 Å². The van der Waals surface area contributed by atoms with Gasteiger partial charge in [-0.25, -0.2) is 0 Å². The molecule has 0 radical (unpaired) electrons. The molecule has 0 aromatic carbocycles. The summed E-state index contributed by atoms with van der Waals surface area (Å²) in [5.41, 5.74) is 6.37. The number of rotatable bonds is 5. The fourth-order valence-corrected chi connectivity index (χ4v) is 1.08. The summed E-state index contributed by atoms with van der Waals surface area (Å²) in [5.74, 6) is 0.371. The molecule has 0 saturated carbocycles. The SMILES string of the molecule is CC(CN)CNC(=O)Cc1ccc[nH]1. The number of amides is 1. The summed E-state index contributed by atoms with van der Waals surface area (Å²) in [6.45, 7) is 3.26. The molecule has 0 fully saturated rings. The Morgan fingerprint density at radius 2 is 2.50 bits per heavy atom. The second-order valence-corrected chi connectivity index (χ2v) is 3.52. The molecule has 1 atom stereocenters. The second kappa shape index (κ2) is 5.44. The first-order valence-corrected chi connectivity index (χ1v) is 4.81. The van der Waals surface area contributed by atoms with Gasteiger partial charge in [-0.1, -0.05) is 6.92 Å². The van der Waals surface area contributed by atoms with Crippen molar-refractivity contribution in [3.05, 3.63) is 24.0 Å². The zero-order valence-electron chi connectivity index (χ0n) is 8.42. The largest absolute Gasteiger partial charge is 0.365 e. The summed E-state index contributed by atoms with van der Waals surface area (Å²) >= 11 is 0. The number of hydrogen-bond acceptors (Lipinski definition) is 2. The maximum atomic E-state index is 11.4. The van der Waals surface area contributed by atoms with Gasteiger partial charge >= 0.3 is 0 Å². The van der Waals surface area contributed by atoms with Crippen LogP contribution in [0.1, 0.15) is 12.6 Å². The first-order valence-electron chi connectivity index (χ1n) is 4.81. The first-order chi connectivity index (χ1) is 6.72. The van der Waals surface area contributed by atoms with Crippen LogP contribution < -0.4 is 11.1 Å². The number of nitrogens with two attached hydrogens (primary N) is 1. The zero-order valence-corrected chi connectivity index (χ0v) is 8.42. The molecular formula is C10H17N3O. The Morgan fingerprint density at radius 3 is 3.07 bits per heavy atom. The predicted molar refractivity (Wildman–Crippen MR) is 55.7 cm³/mol. The van der Waals surface area contributed by atoms with Crippen LogP contribution in [0.2, 0.25) is 0 Å². The van der Waals surface area contributed by atoms with E-state index < -0.39 is 0 Å². The molecule has 0 aliphatic heterocycles. The standard InChI is InChI=1S/C10H17N3O/c1-8(6-11)7-13-10(14)5-9-3-2-4-12-9/h2-4,8,12H,5-7,11H2,1H3,(H,13,14). The summed E-state index contributed by atoms with van der Waals surface area (Å²) in [6, 6.07) is 3.77. The van der Waals surface area contributed by atoms with Gasteiger partial charge in [0.15, 0.2) is 0 Å². The van der Waals surface area contributed by atoms with Gasteiger partial charge in [-0.05, 0) is 24.6 Å². The highest BCUT2D eigenvalue weighted by Crippen LogP contribution is 1.95. The minimum absolute atomic E-state index is 0.0350. The van der Waals surface area contributed by atoms with E-state index in [2.05, 4.69) is 10.3 Å². The molecule has 1 amide bonds. The normalized spacial score (nSPS) is 12.4. The quantitative estimate of drug-likeness (QED) is 0.631. The van der Waals surface area contributed by atoms with Crippen molar-refractivity contribution < 1.29 is 4.79 Å². The van der Waals surface area contributed by atoms with Crippen LogP contribution in [0.25, 0.3) is 0 Å². The minimum Gasteiger partial charge on any atom is -0.365 e. The Labute approximate surface area is 83.9 Å². The van der Waals surface area contributed by atoms with Crippen molar-refractivity contribution >= 4 is 5.91 Å². The van der Waals surface area contributed by atoms with E-state index in [4.69, 9.17) is 5.73 Å². The van der Waals surface area contributed by atoms with E-state index in [-0.39, 0.29) is 5.91 Å². The molecule has 0 saturated heterocycles. The van der Waals surface area contributed by atoms with Gasteiger partial charge in [-0.3, -0.25) is 4.79 Å². The lowest BCUT2D eigenvalue weighted by Crippen LogP contribution is -2.32. The fraction of sp³-hybridized carbons (Fsp3) is 0.500. The molecule has 1 rings (SSSR count). The first kappa shape index (κ1) is 10.8. The van der Waals surface area contributed by atoms with Crippen LogP contribution >= 0.6 is 0 Å². The van der Waals surface area contributed by atoms with Gasteiger partial charge in [0.2, 0.25) is 5.91 Å². The molecule has 1 aromatic rings. The summed E-state index contributed by atoms with van der Waals surface area (Å²) in [4.78, 5) is 14.3. The Balaban J connectivity index is 2.23. The number of carbonyl (C=O) groups is 1. The van der Waals surface area contributed by atoms with Gasteiger partial charge in [0.25, 0.3) is 0 Å².